The Bertz CT molecular complexity index is 1460. The summed E-state index contributed by atoms with van der Waals surface area (Å²) in [5.41, 5.74) is 3.31. The molecule has 0 spiro atoms. The Morgan fingerprint density at radius 1 is 0.952 bits per heavy atom. The average molecular weight is 591 g/mol. The van der Waals surface area contributed by atoms with Gasteiger partial charge in [0, 0.05) is 38.8 Å². The third-order valence-electron chi connectivity index (χ3n) is 7.57. The van der Waals surface area contributed by atoms with Gasteiger partial charge in [-0.1, -0.05) is 48.2 Å². The molecule has 2 aromatic carbocycles. The number of carbonyl (C=O) groups is 3. The van der Waals surface area contributed by atoms with Crippen LogP contribution in [0.25, 0.3) is 0 Å². The molecule has 0 aromatic heterocycles. The molecule has 0 aliphatic carbocycles. The smallest absolute Gasteiger partial charge is 0.338 e. The van der Waals surface area contributed by atoms with Crippen molar-refractivity contribution in [1.82, 2.24) is 14.7 Å². The van der Waals surface area contributed by atoms with Crippen molar-refractivity contribution < 1.29 is 28.6 Å². The number of carbonyl (C=O) groups excluding carboxylic acids is 3. The molecule has 1 saturated heterocycles. The molecule has 0 saturated carbocycles. The number of thioether (sulfide) groups is 1. The van der Waals surface area contributed by atoms with E-state index >= 15 is 0 Å². The molecule has 0 unspecified atom stereocenters. The number of ether oxygens (including phenoxy) is 3. The summed E-state index contributed by atoms with van der Waals surface area (Å²) in [6.45, 7) is 5.45. The van der Waals surface area contributed by atoms with Crippen LogP contribution >= 0.6 is 11.8 Å². The Balaban J connectivity index is 1.45. The quantitative estimate of drug-likeness (QED) is 0.424. The SMILES string of the molecule is COc1ccc([C@@H]2C(C(=O)OCc3ccccc3)=C(C)N=C3SC=C(CC(=O)N4CCN(C(C)=O)CC4)N32)cc1OC. The fourth-order valence-corrected chi connectivity index (χ4v) is 6.27. The predicted molar refractivity (Wildman–Crippen MR) is 160 cm³/mol. The number of piperazine rings is 1. The van der Waals surface area contributed by atoms with Gasteiger partial charge in [-0.15, -0.1) is 0 Å². The highest BCUT2D eigenvalue weighted by atomic mass is 32.2. The number of hydrogen-bond donors (Lipinski definition) is 0. The molecule has 3 heterocycles. The maximum absolute atomic E-state index is 13.7. The van der Waals surface area contributed by atoms with Crippen LogP contribution in [0.1, 0.15) is 37.4 Å². The molecule has 0 N–H and O–H groups in total. The zero-order valence-electron chi connectivity index (χ0n) is 24.2. The summed E-state index contributed by atoms with van der Waals surface area (Å²) in [5.74, 6) is 0.563. The van der Waals surface area contributed by atoms with Gasteiger partial charge >= 0.3 is 5.97 Å². The zero-order valence-corrected chi connectivity index (χ0v) is 25.0. The van der Waals surface area contributed by atoms with Crippen molar-refractivity contribution in [3.05, 3.63) is 82.0 Å². The fourth-order valence-electron chi connectivity index (χ4n) is 5.31. The summed E-state index contributed by atoms with van der Waals surface area (Å²) >= 11 is 1.42. The number of esters is 1. The lowest BCUT2D eigenvalue weighted by Crippen LogP contribution is -2.50. The van der Waals surface area contributed by atoms with Crippen LogP contribution in [-0.2, 0) is 25.7 Å². The van der Waals surface area contributed by atoms with Crippen molar-refractivity contribution in [3.63, 3.8) is 0 Å². The van der Waals surface area contributed by atoms with Crippen LogP contribution in [0, 0.1) is 0 Å². The second-order valence-corrected chi connectivity index (χ2v) is 11.0. The molecule has 3 aliphatic rings. The van der Waals surface area contributed by atoms with Gasteiger partial charge in [0.1, 0.15) is 6.61 Å². The predicted octanol–water partition coefficient (Wildman–Crippen LogP) is 4.10. The summed E-state index contributed by atoms with van der Waals surface area (Å²) in [4.78, 5) is 49.1. The van der Waals surface area contributed by atoms with E-state index in [1.54, 1.807) is 43.9 Å². The lowest BCUT2D eigenvalue weighted by molar-refractivity contribution is -0.141. The molecule has 11 heteroatoms. The number of benzene rings is 2. The van der Waals surface area contributed by atoms with Gasteiger partial charge in [-0.25, -0.2) is 9.79 Å². The van der Waals surface area contributed by atoms with E-state index in [0.717, 1.165) is 16.8 Å². The van der Waals surface area contributed by atoms with Gasteiger partial charge in [0.15, 0.2) is 16.7 Å². The molecular weight excluding hydrogens is 556 g/mol. The number of rotatable bonds is 8. The molecule has 2 aromatic rings. The van der Waals surface area contributed by atoms with E-state index in [9.17, 15) is 14.4 Å². The van der Waals surface area contributed by atoms with Gasteiger partial charge in [0.2, 0.25) is 11.8 Å². The normalized spacial score (nSPS) is 18.3. The number of amidine groups is 1. The highest BCUT2D eigenvalue weighted by Gasteiger charge is 2.42. The lowest BCUT2D eigenvalue weighted by atomic mass is 9.93. The fraction of sp³-hybridized carbons (Fsp3) is 0.355. The molecule has 3 aliphatic heterocycles. The molecular formula is C31H34N4O6S. The first-order valence-corrected chi connectivity index (χ1v) is 14.6. The third kappa shape index (κ3) is 6.01. The first-order valence-electron chi connectivity index (χ1n) is 13.7. The minimum Gasteiger partial charge on any atom is -0.493 e. The first kappa shape index (κ1) is 29.2. The molecule has 10 nitrogen and oxygen atoms in total. The van der Waals surface area contributed by atoms with E-state index in [4.69, 9.17) is 19.2 Å². The highest BCUT2D eigenvalue weighted by molar-refractivity contribution is 8.16. The Kier molecular flexibility index (Phi) is 8.86. The molecule has 220 valence electrons. The first-order chi connectivity index (χ1) is 20.3. The Morgan fingerprint density at radius 2 is 1.64 bits per heavy atom. The number of nitrogens with zero attached hydrogens (tertiary/aromatic N) is 4. The molecule has 0 bridgehead atoms. The van der Waals surface area contributed by atoms with Crippen LogP contribution in [0.4, 0.5) is 0 Å². The average Bonchev–Trinajstić information content (AvgIpc) is 3.40. The van der Waals surface area contributed by atoms with Crippen molar-refractivity contribution in [2.75, 3.05) is 40.4 Å². The van der Waals surface area contributed by atoms with Gasteiger partial charge in [0.05, 0.1) is 38.0 Å². The second kappa shape index (κ2) is 12.7. The van der Waals surface area contributed by atoms with Gasteiger partial charge in [-0.3, -0.25) is 9.59 Å². The van der Waals surface area contributed by atoms with Crippen molar-refractivity contribution in [3.8, 4) is 11.5 Å². The third-order valence-corrected chi connectivity index (χ3v) is 8.46. The second-order valence-electron chi connectivity index (χ2n) is 10.1. The number of hydrogen-bond acceptors (Lipinski definition) is 9. The Morgan fingerprint density at radius 3 is 2.31 bits per heavy atom. The number of allylic oxidation sites excluding steroid dienone is 1. The van der Waals surface area contributed by atoms with Crippen LogP contribution < -0.4 is 9.47 Å². The van der Waals surface area contributed by atoms with Gasteiger partial charge in [0.25, 0.3) is 0 Å². The van der Waals surface area contributed by atoms with Gasteiger partial charge in [-0.05, 0) is 35.6 Å². The monoisotopic (exact) mass is 590 g/mol. The maximum atomic E-state index is 13.7. The highest BCUT2D eigenvalue weighted by Crippen LogP contribution is 2.46. The summed E-state index contributed by atoms with van der Waals surface area (Å²) in [6.07, 6.45) is 0.126. The van der Waals surface area contributed by atoms with Crippen LogP contribution in [-0.4, -0.2) is 78.0 Å². The van der Waals surface area contributed by atoms with Crippen LogP contribution in [0.5, 0.6) is 11.5 Å². The molecule has 0 radical (unpaired) electrons. The Labute approximate surface area is 249 Å². The topological polar surface area (TPSA) is 101 Å². The zero-order chi connectivity index (χ0) is 29.8. The van der Waals surface area contributed by atoms with E-state index in [2.05, 4.69) is 0 Å². The molecule has 1 fully saturated rings. The summed E-state index contributed by atoms with van der Waals surface area (Å²) in [6, 6.07) is 14.4. The molecule has 1 atom stereocenters. The van der Waals surface area contributed by atoms with Crippen LogP contribution in [0.2, 0.25) is 0 Å². The summed E-state index contributed by atoms with van der Waals surface area (Å²) < 4.78 is 16.8. The van der Waals surface area contributed by atoms with E-state index < -0.39 is 12.0 Å². The lowest BCUT2D eigenvalue weighted by Gasteiger charge is -2.38. The molecule has 42 heavy (non-hydrogen) atoms. The Hall–Kier alpha value is -4.25. The van der Waals surface area contributed by atoms with E-state index in [-0.39, 0.29) is 24.8 Å². The molecule has 2 amide bonds. The number of amides is 2. The van der Waals surface area contributed by atoms with Crippen molar-refractivity contribution in [2.24, 2.45) is 4.99 Å². The largest absolute Gasteiger partial charge is 0.493 e. The van der Waals surface area contributed by atoms with E-state index in [1.165, 1.54) is 11.8 Å². The molecule has 5 rings (SSSR count). The van der Waals surface area contributed by atoms with Crippen LogP contribution in [0.3, 0.4) is 0 Å². The summed E-state index contributed by atoms with van der Waals surface area (Å²) in [5, 5.41) is 2.60. The van der Waals surface area contributed by atoms with Gasteiger partial charge in [-0.2, -0.15) is 0 Å². The van der Waals surface area contributed by atoms with E-state index in [0.29, 0.717) is 54.1 Å². The number of aliphatic imine (C=N–C) groups is 1. The van der Waals surface area contributed by atoms with E-state index in [1.807, 2.05) is 52.8 Å². The van der Waals surface area contributed by atoms with Crippen molar-refractivity contribution >= 4 is 34.7 Å². The minimum absolute atomic E-state index is 0.0118. The van der Waals surface area contributed by atoms with Crippen LogP contribution in [0.15, 0.2) is 75.9 Å². The van der Waals surface area contributed by atoms with Crippen molar-refractivity contribution in [2.45, 2.75) is 32.9 Å². The standard InChI is InChI=1S/C31H34N4O6S/c1-20-28(30(38)41-18-22-8-6-5-7-9-22)29(23-10-11-25(39-3)26(16-23)40-4)35-24(19-42-31(35)32-20)17-27(37)34-14-12-33(13-15-34)21(2)36/h5-11,16,19,29H,12-15,17-18H2,1-4H3/t29-/m1/s1. The number of methoxy groups -OCH3 is 2. The number of fused-ring (bicyclic) bond motifs is 1. The van der Waals surface area contributed by atoms with Gasteiger partial charge < -0.3 is 28.9 Å². The maximum Gasteiger partial charge on any atom is 0.338 e. The summed E-state index contributed by atoms with van der Waals surface area (Å²) in [7, 11) is 3.13. The van der Waals surface area contributed by atoms with Crippen molar-refractivity contribution in [1.29, 1.82) is 0 Å². The minimum atomic E-state index is -0.607.